The minimum absolute atomic E-state index is 0.118. The zero-order chi connectivity index (χ0) is 10.6. The number of aliphatic hydroxyl groups is 1. The van der Waals surface area contributed by atoms with Gasteiger partial charge in [0, 0.05) is 10.6 Å². The molecule has 1 rings (SSSR count). The van der Waals surface area contributed by atoms with Crippen LogP contribution in [0.4, 0.5) is 0 Å². The van der Waals surface area contributed by atoms with Crippen LogP contribution in [0.2, 0.25) is 5.02 Å². The predicted octanol–water partition coefficient (Wildman–Crippen LogP) is 2.80. The standard InChI is InChI=1S/C11H15ClO2/c1-8(2)14-7-11(13)9-5-3-4-6-10(9)12/h3-6,8,11,13H,7H2,1-2H3. The molecule has 0 aromatic heterocycles. The second-order valence-electron chi connectivity index (χ2n) is 3.42. The van der Waals surface area contributed by atoms with Crippen molar-refractivity contribution >= 4 is 11.6 Å². The number of rotatable bonds is 4. The molecule has 0 radical (unpaired) electrons. The zero-order valence-electron chi connectivity index (χ0n) is 8.40. The average Bonchev–Trinajstić information content (AvgIpc) is 2.15. The molecular weight excluding hydrogens is 200 g/mol. The minimum atomic E-state index is -0.647. The summed E-state index contributed by atoms with van der Waals surface area (Å²) in [5.41, 5.74) is 0.717. The third-order valence-corrected chi connectivity index (χ3v) is 2.20. The Labute approximate surface area is 89.5 Å². The van der Waals surface area contributed by atoms with Gasteiger partial charge >= 0.3 is 0 Å². The number of aliphatic hydroxyl groups excluding tert-OH is 1. The van der Waals surface area contributed by atoms with Gasteiger partial charge in [0.2, 0.25) is 0 Å². The fourth-order valence-corrected chi connectivity index (χ4v) is 1.38. The minimum Gasteiger partial charge on any atom is -0.386 e. The monoisotopic (exact) mass is 214 g/mol. The maximum absolute atomic E-state index is 9.74. The highest BCUT2D eigenvalue weighted by atomic mass is 35.5. The molecule has 78 valence electrons. The van der Waals surface area contributed by atoms with Gasteiger partial charge in [-0.25, -0.2) is 0 Å². The summed E-state index contributed by atoms with van der Waals surface area (Å²) in [4.78, 5) is 0. The van der Waals surface area contributed by atoms with Crippen LogP contribution in [-0.2, 0) is 4.74 Å². The maximum atomic E-state index is 9.74. The van der Waals surface area contributed by atoms with Crippen LogP contribution in [-0.4, -0.2) is 17.8 Å². The number of halogens is 1. The molecule has 0 aliphatic heterocycles. The van der Waals surface area contributed by atoms with Gasteiger partial charge in [-0.3, -0.25) is 0 Å². The van der Waals surface area contributed by atoms with Gasteiger partial charge in [-0.15, -0.1) is 0 Å². The van der Waals surface area contributed by atoms with Crippen LogP contribution in [0, 0.1) is 0 Å². The summed E-state index contributed by atoms with van der Waals surface area (Å²) in [7, 11) is 0. The van der Waals surface area contributed by atoms with E-state index in [9.17, 15) is 5.11 Å². The van der Waals surface area contributed by atoms with Crippen molar-refractivity contribution in [2.45, 2.75) is 26.1 Å². The molecule has 1 N–H and O–H groups in total. The molecule has 1 unspecified atom stereocenters. The van der Waals surface area contributed by atoms with Gasteiger partial charge in [0.25, 0.3) is 0 Å². The highest BCUT2D eigenvalue weighted by molar-refractivity contribution is 6.31. The summed E-state index contributed by atoms with van der Waals surface area (Å²) in [6, 6.07) is 7.24. The molecule has 1 atom stereocenters. The van der Waals surface area contributed by atoms with E-state index in [4.69, 9.17) is 16.3 Å². The fraction of sp³-hybridized carbons (Fsp3) is 0.455. The summed E-state index contributed by atoms with van der Waals surface area (Å²) in [6.45, 7) is 4.14. The van der Waals surface area contributed by atoms with Crippen molar-refractivity contribution in [1.82, 2.24) is 0 Å². The quantitative estimate of drug-likeness (QED) is 0.835. The summed E-state index contributed by atoms with van der Waals surface area (Å²) >= 11 is 5.92. The third kappa shape index (κ3) is 3.29. The second-order valence-corrected chi connectivity index (χ2v) is 3.83. The first-order valence-corrected chi connectivity index (χ1v) is 5.03. The van der Waals surface area contributed by atoms with Crippen molar-refractivity contribution in [3.63, 3.8) is 0 Å². The predicted molar refractivity (Wildman–Crippen MR) is 57.5 cm³/mol. The molecule has 0 fully saturated rings. The Morgan fingerprint density at radius 1 is 1.36 bits per heavy atom. The van der Waals surface area contributed by atoms with Crippen molar-refractivity contribution in [3.05, 3.63) is 34.9 Å². The first-order chi connectivity index (χ1) is 6.61. The number of hydrogen-bond donors (Lipinski definition) is 1. The van der Waals surface area contributed by atoms with Gasteiger partial charge < -0.3 is 9.84 Å². The summed E-state index contributed by atoms with van der Waals surface area (Å²) in [5.74, 6) is 0. The van der Waals surface area contributed by atoms with E-state index < -0.39 is 6.10 Å². The molecule has 0 saturated carbocycles. The Morgan fingerprint density at radius 3 is 2.57 bits per heavy atom. The largest absolute Gasteiger partial charge is 0.386 e. The lowest BCUT2D eigenvalue weighted by molar-refractivity contribution is 0.00497. The molecule has 0 aliphatic carbocycles. The van der Waals surface area contributed by atoms with Crippen molar-refractivity contribution in [2.24, 2.45) is 0 Å². The highest BCUT2D eigenvalue weighted by Gasteiger charge is 2.11. The smallest absolute Gasteiger partial charge is 0.104 e. The molecule has 0 heterocycles. The fourth-order valence-electron chi connectivity index (χ4n) is 1.12. The summed E-state index contributed by atoms with van der Waals surface area (Å²) in [6.07, 6.45) is -0.529. The number of hydrogen-bond acceptors (Lipinski definition) is 2. The summed E-state index contributed by atoms with van der Waals surface area (Å²) in [5, 5.41) is 10.3. The molecule has 0 bridgehead atoms. The molecular formula is C11H15ClO2. The van der Waals surface area contributed by atoms with E-state index in [0.717, 1.165) is 5.56 Å². The van der Waals surface area contributed by atoms with E-state index >= 15 is 0 Å². The van der Waals surface area contributed by atoms with Gasteiger partial charge in [-0.2, -0.15) is 0 Å². The van der Waals surface area contributed by atoms with Crippen molar-refractivity contribution in [3.8, 4) is 0 Å². The third-order valence-electron chi connectivity index (χ3n) is 1.85. The highest BCUT2D eigenvalue weighted by Crippen LogP contribution is 2.22. The molecule has 0 spiro atoms. The maximum Gasteiger partial charge on any atom is 0.104 e. The van der Waals surface area contributed by atoms with Crippen LogP contribution >= 0.6 is 11.6 Å². The van der Waals surface area contributed by atoms with Gasteiger partial charge in [-0.05, 0) is 19.9 Å². The SMILES string of the molecule is CC(C)OCC(O)c1ccccc1Cl. The van der Waals surface area contributed by atoms with E-state index in [2.05, 4.69) is 0 Å². The molecule has 3 heteroatoms. The topological polar surface area (TPSA) is 29.5 Å². The second kappa shape index (κ2) is 5.35. The molecule has 0 amide bonds. The van der Waals surface area contributed by atoms with E-state index in [0.29, 0.717) is 5.02 Å². The first kappa shape index (κ1) is 11.5. The van der Waals surface area contributed by atoms with Gasteiger partial charge in [0.15, 0.2) is 0 Å². The number of ether oxygens (including phenoxy) is 1. The average molecular weight is 215 g/mol. The van der Waals surface area contributed by atoms with Crippen LogP contribution in [0.1, 0.15) is 25.5 Å². The lowest BCUT2D eigenvalue weighted by atomic mass is 10.1. The zero-order valence-corrected chi connectivity index (χ0v) is 9.16. The Balaban J connectivity index is 2.60. The van der Waals surface area contributed by atoms with E-state index in [1.54, 1.807) is 12.1 Å². The van der Waals surface area contributed by atoms with Crippen molar-refractivity contribution < 1.29 is 9.84 Å². The lowest BCUT2D eigenvalue weighted by Crippen LogP contribution is -2.12. The van der Waals surface area contributed by atoms with Crippen LogP contribution in [0.15, 0.2) is 24.3 Å². The van der Waals surface area contributed by atoms with E-state index in [-0.39, 0.29) is 12.7 Å². The number of benzene rings is 1. The van der Waals surface area contributed by atoms with E-state index in [1.165, 1.54) is 0 Å². The molecule has 1 aromatic carbocycles. The van der Waals surface area contributed by atoms with Crippen molar-refractivity contribution in [2.75, 3.05) is 6.61 Å². The Bertz CT molecular complexity index is 286. The molecule has 14 heavy (non-hydrogen) atoms. The molecule has 2 nitrogen and oxygen atoms in total. The summed E-state index contributed by atoms with van der Waals surface area (Å²) < 4.78 is 5.30. The van der Waals surface area contributed by atoms with E-state index in [1.807, 2.05) is 26.0 Å². The molecule has 0 aliphatic rings. The van der Waals surface area contributed by atoms with Crippen LogP contribution in [0.5, 0.6) is 0 Å². The Kier molecular flexibility index (Phi) is 4.39. The van der Waals surface area contributed by atoms with Gasteiger partial charge in [-0.1, -0.05) is 29.8 Å². The van der Waals surface area contributed by atoms with Crippen molar-refractivity contribution in [1.29, 1.82) is 0 Å². The lowest BCUT2D eigenvalue weighted by Gasteiger charge is -2.14. The van der Waals surface area contributed by atoms with Crippen LogP contribution in [0.25, 0.3) is 0 Å². The Hall–Kier alpha value is -0.570. The Morgan fingerprint density at radius 2 is 2.00 bits per heavy atom. The van der Waals surface area contributed by atoms with Crippen LogP contribution in [0.3, 0.4) is 0 Å². The van der Waals surface area contributed by atoms with Crippen LogP contribution < -0.4 is 0 Å². The normalized spacial score (nSPS) is 13.2. The molecule has 1 aromatic rings. The first-order valence-electron chi connectivity index (χ1n) is 4.65. The molecule has 0 saturated heterocycles. The van der Waals surface area contributed by atoms with Gasteiger partial charge in [0.1, 0.15) is 6.10 Å². The van der Waals surface area contributed by atoms with Gasteiger partial charge in [0.05, 0.1) is 12.7 Å².